The number of carbonyl (C=O) groups is 4. The van der Waals surface area contributed by atoms with Gasteiger partial charge in [0.15, 0.2) is 5.94 Å². The van der Waals surface area contributed by atoms with Crippen molar-refractivity contribution in [2.75, 3.05) is 59.0 Å². The lowest BCUT2D eigenvalue weighted by Crippen LogP contribution is -2.54. The first-order chi connectivity index (χ1) is 27.6. The van der Waals surface area contributed by atoms with Gasteiger partial charge in [-0.15, -0.1) is 0 Å². The van der Waals surface area contributed by atoms with Crippen LogP contribution >= 0.6 is 0 Å². The van der Waals surface area contributed by atoms with Gasteiger partial charge in [0, 0.05) is 82.1 Å². The van der Waals surface area contributed by atoms with Crippen LogP contribution in [0.2, 0.25) is 0 Å². The van der Waals surface area contributed by atoms with Gasteiger partial charge in [-0.05, 0) is 54.4 Å². The number of imide groups is 2. The van der Waals surface area contributed by atoms with Crippen molar-refractivity contribution >= 4 is 62.6 Å². The van der Waals surface area contributed by atoms with Crippen LogP contribution in [0.25, 0.3) is 0 Å². The zero-order valence-corrected chi connectivity index (χ0v) is 31.7. The smallest absolute Gasteiger partial charge is 0.378 e. The van der Waals surface area contributed by atoms with Gasteiger partial charge in [0.05, 0.1) is 11.1 Å². The average molecular weight is 823 g/mol. The van der Waals surface area contributed by atoms with Crippen molar-refractivity contribution in [3.05, 3.63) is 94.8 Å². The van der Waals surface area contributed by atoms with Crippen LogP contribution in [0.1, 0.15) is 50.2 Å². The van der Waals surface area contributed by atoms with E-state index in [2.05, 4.69) is 40.7 Å². The van der Waals surface area contributed by atoms with E-state index < -0.39 is 63.2 Å². The lowest BCUT2D eigenvalue weighted by Gasteiger charge is -2.36. The molecule has 5 heterocycles. The number of aromatic nitrogens is 3. The fraction of sp³-hybridized carbons (Fsp3) is 0.324. The number of pyridine rings is 1. The molecule has 2 saturated heterocycles. The molecule has 0 bridgehead atoms. The normalized spacial score (nSPS) is 17.6. The molecule has 0 saturated carbocycles. The number of halogens is 3. The number of amides is 4. The van der Waals surface area contributed by atoms with Crippen molar-refractivity contribution in [3.8, 4) is 0 Å². The first kappa shape index (κ1) is 40.0. The third-order valence-corrected chi connectivity index (χ3v) is 11.4. The average Bonchev–Trinajstić information content (AvgIpc) is 3.45. The summed E-state index contributed by atoms with van der Waals surface area (Å²) in [5, 5.41) is 17.0. The second-order valence-electron chi connectivity index (χ2n) is 13.8. The molecule has 304 valence electrons. The van der Waals surface area contributed by atoms with E-state index in [0.29, 0.717) is 44.6 Å². The Morgan fingerprint density at radius 1 is 0.966 bits per heavy atom. The summed E-state index contributed by atoms with van der Waals surface area (Å²) in [5.74, 6) is -4.14. The molecule has 21 heteroatoms. The summed E-state index contributed by atoms with van der Waals surface area (Å²) in [7, 11) is -2.95. The predicted octanol–water partition coefficient (Wildman–Crippen LogP) is 2.69. The molecule has 4 N–H and O–H groups in total. The number of benzene rings is 2. The number of rotatable bonds is 12. The maximum atomic E-state index is 13.9. The van der Waals surface area contributed by atoms with Crippen molar-refractivity contribution in [2.45, 2.75) is 38.1 Å². The number of aliphatic hydroxyl groups excluding tert-OH is 1. The number of anilines is 5. The third-order valence-electron chi connectivity index (χ3n) is 10.1. The van der Waals surface area contributed by atoms with Crippen LogP contribution in [0.3, 0.4) is 0 Å². The Morgan fingerprint density at radius 2 is 1.69 bits per heavy atom. The number of hydrogen-bond donors (Lipinski definition) is 4. The molecule has 0 aliphatic carbocycles. The SMILES string of the molecule is CN(c1ncccc1CNc1nc(Nc2ccc(N3CCN(Cc4ccc5c(c4)C(=O)N(C4CCC(=O)NC4=O)C5=O)CC3)cc2)ncc1C(F)(F)F)S(=O)(=O)CO. The molecule has 17 nitrogen and oxygen atoms in total. The minimum Gasteiger partial charge on any atom is -0.378 e. The van der Waals surface area contributed by atoms with Gasteiger partial charge < -0.3 is 20.6 Å². The number of piperazine rings is 1. The van der Waals surface area contributed by atoms with E-state index in [1.165, 1.54) is 25.4 Å². The maximum Gasteiger partial charge on any atom is 0.421 e. The van der Waals surface area contributed by atoms with E-state index in [9.17, 15) is 45.9 Å². The van der Waals surface area contributed by atoms with Crippen LogP contribution in [0.15, 0.2) is 67.0 Å². The molecular weight excluding hydrogens is 786 g/mol. The van der Waals surface area contributed by atoms with Crippen LogP contribution in [-0.4, -0.2) is 107 Å². The number of alkyl halides is 3. The fourth-order valence-electron chi connectivity index (χ4n) is 6.96. The molecule has 7 rings (SSSR count). The number of sulfonamides is 1. The first-order valence-corrected chi connectivity index (χ1v) is 19.6. The van der Waals surface area contributed by atoms with E-state index in [4.69, 9.17) is 0 Å². The molecule has 1 atom stereocenters. The van der Waals surface area contributed by atoms with Gasteiger partial charge in [0.1, 0.15) is 23.2 Å². The highest BCUT2D eigenvalue weighted by Gasteiger charge is 2.44. The summed E-state index contributed by atoms with van der Waals surface area (Å²) in [4.78, 5) is 67.6. The number of carbonyl (C=O) groups excluding carboxylic acids is 4. The van der Waals surface area contributed by atoms with Crippen LogP contribution in [0.5, 0.6) is 0 Å². The molecule has 3 aliphatic rings. The molecule has 1 unspecified atom stereocenters. The van der Waals surface area contributed by atoms with Crippen molar-refractivity contribution in [2.24, 2.45) is 0 Å². The van der Waals surface area contributed by atoms with Gasteiger partial charge in [-0.1, -0.05) is 12.1 Å². The molecule has 2 aromatic heterocycles. The number of nitrogens with zero attached hydrogens (tertiary/aromatic N) is 7. The highest BCUT2D eigenvalue weighted by Crippen LogP contribution is 2.35. The molecule has 58 heavy (non-hydrogen) atoms. The minimum absolute atomic E-state index is 0.0429. The monoisotopic (exact) mass is 822 g/mol. The summed E-state index contributed by atoms with van der Waals surface area (Å²) in [5.41, 5.74) is 1.82. The summed E-state index contributed by atoms with van der Waals surface area (Å²) in [6.07, 6.45) is -2.71. The number of fused-ring (bicyclic) bond motifs is 1. The van der Waals surface area contributed by atoms with Crippen LogP contribution in [0, 0.1) is 0 Å². The Kier molecular flexibility index (Phi) is 11.0. The quantitative estimate of drug-likeness (QED) is 0.152. The highest BCUT2D eigenvalue weighted by atomic mass is 32.2. The molecule has 4 aromatic rings. The van der Waals surface area contributed by atoms with Crippen LogP contribution in [0.4, 0.5) is 42.1 Å². The van der Waals surface area contributed by atoms with Crippen LogP contribution in [-0.2, 0) is 38.9 Å². The van der Waals surface area contributed by atoms with Gasteiger partial charge in [-0.3, -0.25) is 38.6 Å². The summed E-state index contributed by atoms with van der Waals surface area (Å²) >= 11 is 0. The number of nitrogens with one attached hydrogen (secondary N) is 3. The first-order valence-electron chi connectivity index (χ1n) is 18.0. The second-order valence-corrected chi connectivity index (χ2v) is 15.7. The van der Waals surface area contributed by atoms with Crippen molar-refractivity contribution in [1.82, 2.24) is 30.1 Å². The number of piperidine rings is 1. The number of hydrogen-bond acceptors (Lipinski definition) is 14. The lowest BCUT2D eigenvalue weighted by molar-refractivity contribution is -0.138. The van der Waals surface area contributed by atoms with E-state index in [1.807, 2.05) is 12.1 Å². The van der Waals surface area contributed by atoms with Gasteiger partial charge in [-0.2, -0.15) is 18.2 Å². The van der Waals surface area contributed by atoms with Crippen molar-refractivity contribution in [3.63, 3.8) is 0 Å². The highest BCUT2D eigenvalue weighted by molar-refractivity contribution is 7.92. The largest absolute Gasteiger partial charge is 0.421 e. The topological polar surface area (TPSA) is 210 Å². The van der Waals surface area contributed by atoms with Gasteiger partial charge in [-0.25, -0.2) is 18.4 Å². The standard InChI is InChI=1S/C37H37F3N10O7S/c1-47(58(56,57)21-51)32-23(3-2-12-41-32)18-42-31-28(37(38,39)40)19-43-36(46-31)44-24-5-7-25(8-6-24)49-15-13-48(14-16-49)20-22-4-9-26-27(17-22)35(55)50(34(26)54)29-10-11-30(52)45-33(29)53/h2-9,12,17,19,29,51H,10-11,13-16,18,20-21H2,1H3,(H,45,52,53)(H2,42,43,44,46). The molecule has 0 radical (unpaired) electrons. The molecular formula is C37H37F3N10O7S. The zero-order valence-electron chi connectivity index (χ0n) is 30.9. The maximum absolute atomic E-state index is 13.9. The molecule has 0 spiro atoms. The second kappa shape index (κ2) is 16.0. The molecule has 2 aromatic carbocycles. The van der Waals surface area contributed by atoms with Crippen LogP contribution < -0.4 is 25.2 Å². The van der Waals surface area contributed by atoms with Gasteiger partial charge in [0.2, 0.25) is 17.8 Å². The Morgan fingerprint density at radius 3 is 2.38 bits per heavy atom. The Bertz CT molecular complexity index is 2380. The van der Waals surface area contributed by atoms with E-state index >= 15 is 0 Å². The third kappa shape index (κ3) is 8.27. The molecule has 2 fully saturated rings. The predicted molar refractivity (Wildman–Crippen MR) is 203 cm³/mol. The fourth-order valence-corrected chi connectivity index (χ4v) is 7.56. The van der Waals surface area contributed by atoms with E-state index in [0.717, 1.165) is 20.5 Å². The van der Waals surface area contributed by atoms with Crippen molar-refractivity contribution < 1.29 is 45.9 Å². The summed E-state index contributed by atoms with van der Waals surface area (Å²) < 4.78 is 67.0. The van der Waals surface area contributed by atoms with E-state index in [1.54, 1.807) is 30.3 Å². The van der Waals surface area contributed by atoms with Crippen molar-refractivity contribution in [1.29, 1.82) is 0 Å². The summed E-state index contributed by atoms with van der Waals surface area (Å²) in [6, 6.07) is 14.2. The van der Waals surface area contributed by atoms with Gasteiger partial charge in [0.25, 0.3) is 21.8 Å². The molecule has 4 amide bonds. The summed E-state index contributed by atoms with van der Waals surface area (Å²) in [6.45, 7) is 2.98. The Labute approximate surface area is 329 Å². The molecule has 3 aliphatic heterocycles. The zero-order chi connectivity index (χ0) is 41.4. The van der Waals surface area contributed by atoms with E-state index in [-0.39, 0.29) is 47.8 Å². The minimum atomic E-state index is -4.80. The number of aliphatic hydroxyl groups is 1. The Hall–Kier alpha value is -6.19. The van der Waals surface area contributed by atoms with Gasteiger partial charge >= 0.3 is 6.18 Å². The Balaban J connectivity index is 0.958. The lowest BCUT2D eigenvalue weighted by atomic mass is 10.0.